The van der Waals surface area contributed by atoms with Gasteiger partial charge in [-0.05, 0) is 11.4 Å². The molecule has 0 fully saturated rings. The standard InChI is InChI=1S/C7H7NS/c1-6(8-2)7-3-4-9-5-7/h3-6H,1H3. The average Bonchev–Trinajstić information content (AvgIpc) is 2.37. The molecule has 1 unspecified atom stereocenters. The molecule has 0 amide bonds. The summed E-state index contributed by atoms with van der Waals surface area (Å²) in [4.78, 5) is 3.39. The van der Waals surface area contributed by atoms with Crippen molar-refractivity contribution in [3.05, 3.63) is 33.8 Å². The molecule has 0 N–H and O–H groups in total. The molecular weight excluding hydrogens is 130 g/mol. The van der Waals surface area contributed by atoms with Gasteiger partial charge in [-0.2, -0.15) is 11.3 Å². The smallest absolute Gasteiger partial charge is 0.246 e. The summed E-state index contributed by atoms with van der Waals surface area (Å²) in [6, 6.07) is 2.03. The molecule has 1 aromatic rings. The zero-order valence-electron chi connectivity index (χ0n) is 5.16. The lowest BCUT2D eigenvalue weighted by atomic mass is 10.2. The highest BCUT2D eigenvalue weighted by molar-refractivity contribution is 7.07. The van der Waals surface area contributed by atoms with E-state index in [0.717, 1.165) is 5.56 Å². The predicted octanol–water partition coefficient (Wildman–Crippen LogP) is 2.73. The zero-order valence-corrected chi connectivity index (χ0v) is 5.98. The van der Waals surface area contributed by atoms with Crippen LogP contribution in [0.3, 0.4) is 0 Å². The Balaban J connectivity index is 2.80. The van der Waals surface area contributed by atoms with E-state index in [4.69, 9.17) is 6.57 Å². The number of hydrogen-bond donors (Lipinski definition) is 0. The molecule has 1 heterocycles. The van der Waals surface area contributed by atoms with Gasteiger partial charge in [0.1, 0.15) is 0 Å². The minimum absolute atomic E-state index is 0.0382. The molecule has 0 spiro atoms. The lowest BCUT2D eigenvalue weighted by Gasteiger charge is -1.89. The molecule has 2 heteroatoms. The van der Waals surface area contributed by atoms with E-state index in [1.54, 1.807) is 11.3 Å². The van der Waals surface area contributed by atoms with Gasteiger partial charge in [0.25, 0.3) is 0 Å². The quantitative estimate of drug-likeness (QED) is 0.524. The Labute approximate surface area is 58.8 Å². The first-order valence-corrected chi connectivity index (χ1v) is 3.67. The molecular formula is C7H7NS. The van der Waals surface area contributed by atoms with Crippen molar-refractivity contribution in [1.82, 2.24) is 0 Å². The summed E-state index contributed by atoms with van der Waals surface area (Å²) in [5.41, 5.74) is 1.13. The second kappa shape index (κ2) is 2.65. The summed E-state index contributed by atoms with van der Waals surface area (Å²) in [7, 11) is 0. The van der Waals surface area contributed by atoms with Crippen LogP contribution >= 0.6 is 11.3 Å². The minimum atomic E-state index is 0.0382. The maximum atomic E-state index is 6.71. The van der Waals surface area contributed by atoms with Crippen molar-refractivity contribution >= 4 is 11.3 Å². The Morgan fingerprint density at radius 3 is 3.00 bits per heavy atom. The van der Waals surface area contributed by atoms with Crippen molar-refractivity contribution in [1.29, 1.82) is 0 Å². The maximum absolute atomic E-state index is 6.71. The topological polar surface area (TPSA) is 4.36 Å². The number of thiophene rings is 1. The second-order valence-corrected chi connectivity index (χ2v) is 2.64. The fraction of sp³-hybridized carbons (Fsp3) is 0.286. The monoisotopic (exact) mass is 137 g/mol. The van der Waals surface area contributed by atoms with E-state index in [-0.39, 0.29) is 6.04 Å². The van der Waals surface area contributed by atoms with Gasteiger partial charge in [0.2, 0.25) is 6.04 Å². The molecule has 0 aromatic carbocycles. The number of nitrogens with zero attached hydrogens (tertiary/aromatic N) is 1. The largest absolute Gasteiger partial charge is 0.309 e. The Bertz CT molecular complexity index is 207. The van der Waals surface area contributed by atoms with Gasteiger partial charge in [-0.1, -0.05) is 0 Å². The van der Waals surface area contributed by atoms with E-state index in [9.17, 15) is 0 Å². The molecule has 0 radical (unpaired) electrons. The Hall–Kier alpha value is -0.810. The summed E-state index contributed by atoms with van der Waals surface area (Å²) < 4.78 is 0. The molecule has 1 aromatic heterocycles. The first-order valence-electron chi connectivity index (χ1n) is 2.73. The molecule has 1 atom stereocenters. The average molecular weight is 137 g/mol. The van der Waals surface area contributed by atoms with E-state index in [1.807, 2.05) is 23.8 Å². The van der Waals surface area contributed by atoms with Crippen molar-refractivity contribution < 1.29 is 0 Å². The molecule has 9 heavy (non-hydrogen) atoms. The van der Waals surface area contributed by atoms with Crippen molar-refractivity contribution in [3.8, 4) is 0 Å². The molecule has 0 saturated heterocycles. The van der Waals surface area contributed by atoms with Crippen molar-refractivity contribution in [2.75, 3.05) is 0 Å². The first-order chi connectivity index (χ1) is 4.34. The Kier molecular flexibility index (Phi) is 1.86. The highest BCUT2D eigenvalue weighted by atomic mass is 32.1. The third-order valence-corrected chi connectivity index (χ3v) is 1.92. The predicted molar refractivity (Wildman–Crippen MR) is 39.3 cm³/mol. The highest BCUT2D eigenvalue weighted by Gasteiger charge is 2.06. The molecule has 0 saturated carbocycles. The van der Waals surface area contributed by atoms with Crippen LogP contribution in [0, 0.1) is 6.57 Å². The normalized spacial score (nSPS) is 12.4. The van der Waals surface area contributed by atoms with E-state index in [0.29, 0.717) is 0 Å². The van der Waals surface area contributed by atoms with Crippen LogP contribution < -0.4 is 0 Å². The fourth-order valence-corrected chi connectivity index (χ4v) is 1.33. The van der Waals surface area contributed by atoms with Crippen molar-refractivity contribution in [2.24, 2.45) is 0 Å². The van der Waals surface area contributed by atoms with Crippen molar-refractivity contribution in [2.45, 2.75) is 13.0 Å². The van der Waals surface area contributed by atoms with Gasteiger partial charge in [0.15, 0.2) is 0 Å². The first kappa shape index (κ1) is 6.31. The highest BCUT2D eigenvalue weighted by Crippen LogP contribution is 2.18. The third kappa shape index (κ3) is 1.30. The van der Waals surface area contributed by atoms with E-state index in [2.05, 4.69) is 4.85 Å². The Morgan fingerprint density at radius 1 is 1.78 bits per heavy atom. The lowest BCUT2D eigenvalue weighted by Crippen LogP contribution is -1.79. The molecule has 1 rings (SSSR count). The third-order valence-electron chi connectivity index (χ3n) is 1.22. The summed E-state index contributed by atoms with van der Waals surface area (Å²) in [6.07, 6.45) is 0. The summed E-state index contributed by atoms with van der Waals surface area (Å²) in [5, 5.41) is 4.01. The lowest BCUT2D eigenvalue weighted by molar-refractivity contribution is 0.969. The minimum Gasteiger partial charge on any atom is -0.309 e. The van der Waals surface area contributed by atoms with E-state index in [1.165, 1.54) is 0 Å². The molecule has 0 aliphatic rings. The maximum Gasteiger partial charge on any atom is 0.246 e. The van der Waals surface area contributed by atoms with Gasteiger partial charge in [0, 0.05) is 17.9 Å². The number of hydrogen-bond acceptors (Lipinski definition) is 1. The van der Waals surface area contributed by atoms with Crippen LogP contribution in [0.5, 0.6) is 0 Å². The van der Waals surface area contributed by atoms with E-state index >= 15 is 0 Å². The van der Waals surface area contributed by atoms with Gasteiger partial charge in [-0.3, -0.25) is 0 Å². The fourth-order valence-electron chi connectivity index (χ4n) is 0.587. The van der Waals surface area contributed by atoms with Crippen LogP contribution in [0.2, 0.25) is 0 Å². The van der Waals surface area contributed by atoms with Crippen LogP contribution in [0.4, 0.5) is 0 Å². The van der Waals surface area contributed by atoms with Crippen molar-refractivity contribution in [3.63, 3.8) is 0 Å². The van der Waals surface area contributed by atoms with Crippen LogP contribution in [0.15, 0.2) is 16.8 Å². The summed E-state index contributed by atoms with van der Waals surface area (Å²) in [6.45, 7) is 8.63. The molecule has 1 nitrogen and oxygen atoms in total. The van der Waals surface area contributed by atoms with Gasteiger partial charge >= 0.3 is 0 Å². The van der Waals surface area contributed by atoms with Gasteiger partial charge < -0.3 is 4.85 Å². The summed E-state index contributed by atoms with van der Waals surface area (Å²) >= 11 is 1.64. The molecule has 0 aliphatic heterocycles. The molecule has 46 valence electrons. The van der Waals surface area contributed by atoms with Crippen LogP contribution in [-0.4, -0.2) is 0 Å². The van der Waals surface area contributed by atoms with Gasteiger partial charge in [-0.15, -0.1) is 0 Å². The van der Waals surface area contributed by atoms with Gasteiger partial charge in [-0.25, -0.2) is 6.57 Å². The Morgan fingerprint density at radius 2 is 2.56 bits per heavy atom. The summed E-state index contributed by atoms with van der Waals surface area (Å²) in [5.74, 6) is 0. The second-order valence-electron chi connectivity index (χ2n) is 1.86. The van der Waals surface area contributed by atoms with Crippen LogP contribution in [0.1, 0.15) is 18.5 Å². The van der Waals surface area contributed by atoms with E-state index < -0.39 is 0 Å². The van der Waals surface area contributed by atoms with Gasteiger partial charge in [0.05, 0.1) is 0 Å². The van der Waals surface area contributed by atoms with Crippen LogP contribution in [-0.2, 0) is 0 Å². The molecule has 0 bridgehead atoms. The molecule has 0 aliphatic carbocycles. The SMILES string of the molecule is [C-]#[N+]C(C)c1ccsc1. The number of rotatable bonds is 1. The van der Waals surface area contributed by atoms with Crippen LogP contribution in [0.25, 0.3) is 4.85 Å². The zero-order chi connectivity index (χ0) is 6.69.